The fourth-order valence-electron chi connectivity index (χ4n) is 9.01. The minimum Gasteiger partial charge on any atom is -0.462 e. The van der Waals surface area contributed by atoms with Crippen molar-refractivity contribution in [3.05, 3.63) is 60.8 Å². The van der Waals surface area contributed by atoms with E-state index < -0.39 is 57.8 Å². The summed E-state index contributed by atoms with van der Waals surface area (Å²) in [6.45, 7) is 4.55. The Bertz CT molecular complexity index is 1540. The molecule has 0 heterocycles. The second-order valence-corrected chi connectivity index (χ2v) is 23.0. The molecule has 0 saturated heterocycles. The molecule has 0 fully saturated rings. The molecule has 0 bridgehead atoms. The van der Waals surface area contributed by atoms with Gasteiger partial charge in [-0.2, -0.15) is 0 Å². The zero-order valence-corrected chi connectivity index (χ0v) is 51.3. The minimum atomic E-state index is -4.76. The van der Waals surface area contributed by atoms with Crippen LogP contribution in [-0.2, 0) is 42.2 Å². The van der Waals surface area contributed by atoms with Crippen LogP contribution in [0.5, 0.6) is 0 Å². The second kappa shape index (κ2) is 60.3. The van der Waals surface area contributed by atoms with Gasteiger partial charge >= 0.3 is 25.7 Å². The molecule has 0 spiro atoms. The molecular weight excluding hydrogens is 1000 g/mol. The molecule has 0 aliphatic heterocycles. The van der Waals surface area contributed by atoms with E-state index in [1.807, 2.05) is 0 Å². The Balaban J connectivity index is 4.69. The number of rotatable bonds is 60. The predicted molar refractivity (Wildman–Crippen MR) is 325 cm³/mol. The number of phosphoric ester groups is 1. The van der Waals surface area contributed by atoms with Gasteiger partial charge in [0.2, 0.25) is 0 Å². The first kappa shape index (κ1) is 75.2. The summed E-state index contributed by atoms with van der Waals surface area (Å²) in [7, 11) is -4.76. The van der Waals surface area contributed by atoms with Gasteiger partial charge in [0.25, 0.3) is 0 Å². The Labute approximate surface area is 478 Å². The number of carbonyl (C=O) groups excluding carboxylic acids is 3. The van der Waals surface area contributed by atoms with Crippen molar-refractivity contribution in [3.63, 3.8) is 0 Å². The second-order valence-electron chi connectivity index (χ2n) is 21.5. The lowest BCUT2D eigenvalue weighted by molar-refractivity contribution is -0.161. The summed E-state index contributed by atoms with van der Waals surface area (Å²) < 4.78 is 39.7. The highest BCUT2D eigenvalue weighted by molar-refractivity contribution is 7.47. The Kier molecular flexibility index (Phi) is 58.1. The minimum absolute atomic E-state index is 0.164. The number of aliphatic hydroxyl groups is 1. The normalized spacial score (nSPS) is 13.7. The zero-order valence-electron chi connectivity index (χ0n) is 50.4. The predicted octanol–water partition coefficient (Wildman–Crippen LogP) is 19.5. The van der Waals surface area contributed by atoms with Crippen molar-refractivity contribution >= 4 is 25.7 Å². The summed E-state index contributed by atoms with van der Waals surface area (Å²) in [5.74, 6) is -1.47. The number of hydrogen-bond acceptors (Lipinski definition) is 10. The van der Waals surface area contributed by atoms with Crippen molar-refractivity contribution in [1.82, 2.24) is 0 Å². The van der Waals surface area contributed by atoms with Crippen molar-refractivity contribution < 1.29 is 52.2 Å². The number of carbonyl (C=O) groups is 3. The molecule has 454 valence electrons. The van der Waals surface area contributed by atoms with E-state index in [1.54, 1.807) is 0 Å². The average molecular weight is 1120 g/mol. The molecule has 2 N–H and O–H groups in total. The number of esters is 3. The maximum absolute atomic E-state index is 13.0. The number of hydrogen-bond donors (Lipinski definition) is 2. The highest BCUT2D eigenvalue weighted by atomic mass is 31.2. The van der Waals surface area contributed by atoms with Crippen LogP contribution >= 0.6 is 7.82 Å². The van der Waals surface area contributed by atoms with Crippen LogP contribution in [0, 0.1) is 0 Å². The number of unbranched alkanes of at least 4 members (excludes halogenated alkanes) is 33. The van der Waals surface area contributed by atoms with Crippen LogP contribution in [0.1, 0.15) is 303 Å². The van der Waals surface area contributed by atoms with Crippen molar-refractivity contribution in [3.8, 4) is 0 Å². The average Bonchev–Trinajstić information content (AvgIpc) is 3.43. The first-order chi connectivity index (χ1) is 38.2. The fraction of sp³-hybridized carbons (Fsp3) is 0.803. The number of allylic oxidation sites excluding steroid dienone is 10. The van der Waals surface area contributed by atoms with Gasteiger partial charge in [-0.1, -0.05) is 242 Å². The van der Waals surface area contributed by atoms with Crippen LogP contribution in [0.25, 0.3) is 0 Å². The van der Waals surface area contributed by atoms with E-state index >= 15 is 0 Å². The Hall–Kier alpha value is -2.82. The molecule has 0 aromatic carbocycles. The fourth-order valence-corrected chi connectivity index (χ4v) is 9.79. The van der Waals surface area contributed by atoms with Gasteiger partial charge in [0.1, 0.15) is 12.7 Å². The van der Waals surface area contributed by atoms with Crippen molar-refractivity contribution in [1.29, 1.82) is 0 Å². The summed E-state index contributed by atoms with van der Waals surface area (Å²) in [5, 5.41) is 9.85. The maximum Gasteiger partial charge on any atom is 0.472 e. The van der Waals surface area contributed by atoms with Gasteiger partial charge in [-0.3, -0.25) is 23.4 Å². The Morgan fingerprint density at radius 3 is 1.04 bits per heavy atom. The Morgan fingerprint density at radius 2 is 0.667 bits per heavy atom. The van der Waals surface area contributed by atoms with Gasteiger partial charge < -0.3 is 24.2 Å². The summed E-state index contributed by atoms with van der Waals surface area (Å²) in [6.07, 6.45) is 67.4. The molecule has 12 heteroatoms. The van der Waals surface area contributed by atoms with Crippen LogP contribution in [-0.4, -0.2) is 66.5 Å². The van der Waals surface area contributed by atoms with Gasteiger partial charge in [-0.05, 0) is 103 Å². The Morgan fingerprint density at radius 1 is 0.372 bits per heavy atom. The van der Waals surface area contributed by atoms with E-state index in [-0.39, 0.29) is 25.9 Å². The molecule has 3 atom stereocenters. The van der Waals surface area contributed by atoms with Gasteiger partial charge in [0.15, 0.2) is 6.10 Å². The SMILES string of the molecule is CC/C=C\C/C=C\C/C=C\CCCCCCCCCC(=O)OC(CO)COP(=O)(O)OCC(COC(=O)CCCCCCC/C=C\CCCCCCCC)OC(=O)CCCCCCCCCCC/C=C\CCCCCCCC. The van der Waals surface area contributed by atoms with E-state index in [4.69, 9.17) is 23.3 Å². The standard InChI is InChI=1S/C66H119O11P/c1-4-7-10-13-16-19-22-25-28-30-31-33-36-39-42-45-48-51-54-57-66(70)77-63(59-73-64(68)55-52-49-46-43-40-37-34-27-24-21-18-15-12-9-6-3)61-75-78(71,72)74-60-62(58-67)76-65(69)56-53-50-47-44-41-38-35-32-29-26-23-20-17-14-11-8-5-2/h8,11,17,20,25-29,34,62-63,67H,4-7,9-10,12-16,18-19,21-24,30-33,35-61H2,1-3H3,(H,71,72)/b11-8-,20-17-,28-25-,29-26-,34-27-. The lowest BCUT2D eigenvalue weighted by Crippen LogP contribution is -2.30. The van der Waals surface area contributed by atoms with E-state index in [0.29, 0.717) is 19.3 Å². The molecule has 0 radical (unpaired) electrons. The number of aliphatic hydroxyl groups excluding tert-OH is 1. The quantitative estimate of drug-likeness (QED) is 0.0197. The van der Waals surface area contributed by atoms with Crippen LogP contribution in [0.2, 0.25) is 0 Å². The molecule has 0 aromatic heterocycles. The third kappa shape index (κ3) is 57.9. The molecule has 3 unspecified atom stereocenters. The first-order valence-electron chi connectivity index (χ1n) is 32.2. The maximum atomic E-state index is 13.0. The third-order valence-corrected chi connectivity index (χ3v) is 14.8. The molecular formula is C66H119O11P. The van der Waals surface area contributed by atoms with Crippen LogP contribution in [0.3, 0.4) is 0 Å². The monoisotopic (exact) mass is 1120 g/mol. The van der Waals surface area contributed by atoms with Gasteiger partial charge in [-0.15, -0.1) is 0 Å². The number of ether oxygens (including phenoxy) is 3. The lowest BCUT2D eigenvalue weighted by Gasteiger charge is -2.21. The van der Waals surface area contributed by atoms with Crippen molar-refractivity contribution in [2.75, 3.05) is 26.4 Å². The first-order valence-corrected chi connectivity index (χ1v) is 33.7. The number of phosphoric acid groups is 1. The molecule has 0 aliphatic rings. The molecule has 78 heavy (non-hydrogen) atoms. The summed E-state index contributed by atoms with van der Waals surface area (Å²) in [6, 6.07) is 0. The summed E-state index contributed by atoms with van der Waals surface area (Å²) in [5.41, 5.74) is 0. The van der Waals surface area contributed by atoms with E-state index in [0.717, 1.165) is 109 Å². The molecule has 0 saturated carbocycles. The van der Waals surface area contributed by atoms with E-state index in [2.05, 4.69) is 81.5 Å². The van der Waals surface area contributed by atoms with Crippen molar-refractivity contribution in [2.45, 2.75) is 315 Å². The van der Waals surface area contributed by atoms with Crippen molar-refractivity contribution in [2.24, 2.45) is 0 Å². The van der Waals surface area contributed by atoms with E-state index in [9.17, 15) is 28.9 Å². The van der Waals surface area contributed by atoms with Crippen LogP contribution in [0.4, 0.5) is 0 Å². The summed E-state index contributed by atoms with van der Waals surface area (Å²) >= 11 is 0. The van der Waals surface area contributed by atoms with Gasteiger partial charge in [0.05, 0.1) is 19.8 Å². The molecule has 0 rings (SSSR count). The molecule has 0 amide bonds. The van der Waals surface area contributed by atoms with E-state index in [1.165, 1.54) is 135 Å². The third-order valence-electron chi connectivity index (χ3n) is 13.9. The largest absolute Gasteiger partial charge is 0.472 e. The molecule has 0 aromatic rings. The molecule has 0 aliphatic carbocycles. The summed E-state index contributed by atoms with van der Waals surface area (Å²) in [4.78, 5) is 48.7. The topological polar surface area (TPSA) is 155 Å². The van der Waals surface area contributed by atoms with Crippen LogP contribution in [0.15, 0.2) is 60.8 Å². The van der Waals surface area contributed by atoms with Gasteiger partial charge in [0, 0.05) is 19.3 Å². The lowest BCUT2D eigenvalue weighted by atomic mass is 10.1. The van der Waals surface area contributed by atoms with Gasteiger partial charge in [-0.25, -0.2) is 4.57 Å². The van der Waals surface area contributed by atoms with Crippen LogP contribution < -0.4 is 0 Å². The highest BCUT2D eigenvalue weighted by Crippen LogP contribution is 2.43. The zero-order chi connectivity index (χ0) is 56.9. The molecule has 11 nitrogen and oxygen atoms in total. The smallest absolute Gasteiger partial charge is 0.462 e. The highest BCUT2D eigenvalue weighted by Gasteiger charge is 2.28.